The number of aromatic nitrogens is 1. The molecule has 0 saturated carbocycles. The van der Waals surface area contributed by atoms with Crippen LogP contribution in [0.1, 0.15) is 32.8 Å². The predicted octanol–water partition coefficient (Wildman–Crippen LogP) is 1.96. The van der Waals surface area contributed by atoms with Gasteiger partial charge in [0.05, 0.1) is 12.2 Å². The van der Waals surface area contributed by atoms with Crippen LogP contribution in [0.3, 0.4) is 0 Å². The number of hydrogen-bond donors (Lipinski definition) is 2. The van der Waals surface area contributed by atoms with Crippen LogP contribution in [0.15, 0.2) is 23.3 Å². The lowest BCUT2D eigenvalue weighted by Crippen LogP contribution is -2.45. The van der Waals surface area contributed by atoms with Crippen molar-refractivity contribution >= 4 is 5.96 Å². The van der Waals surface area contributed by atoms with E-state index in [1.54, 1.807) is 14.2 Å². The van der Waals surface area contributed by atoms with Gasteiger partial charge in [-0.2, -0.15) is 0 Å². The van der Waals surface area contributed by atoms with Crippen molar-refractivity contribution in [1.82, 2.24) is 15.6 Å². The zero-order valence-corrected chi connectivity index (χ0v) is 14.3. The number of nitrogens with one attached hydrogen (secondary N) is 2. The molecule has 0 spiro atoms. The Bertz CT molecular complexity index is 458. The van der Waals surface area contributed by atoms with Crippen molar-refractivity contribution in [2.45, 2.75) is 39.3 Å². The summed E-state index contributed by atoms with van der Waals surface area (Å²) in [6.45, 7) is 8.12. The molecule has 2 N–H and O–H groups in total. The fourth-order valence-corrected chi connectivity index (χ4v) is 1.58. The van der Waals surface area contributed by atoms with Crippen LogP contribution < -0.4 is 15.4 Å². The Hall–Kier alpha value is -1.82. The van der Waals surface area contributed by atoms with Crippen LogP contribution in [0, 0.1) is 0 Å². The van der Waals surface area contributed by atoms with Gasteiger partial charge in [0.15, 0.2) is 5.96 Å². The molecule has 0 aliphatic heterocycles. The molecule has 0 aliphatic carbocycles. The monoisotopic (exact) mass is 308 g/mol. The van der Waals surface area contributed by atoms with Crippen LogP contribution >= 0.6 is 0 Å². The number of rotatable bonds is 8. The van der Waals surface area contributed by atoms with E-state index in [0.29, 0.717) is 25.6 Å². The van der Waals surface area contributed by atoms with E-state index in [-0.39, 0.29) is 5.60 Å². The van der Waals surface area contributed by atoms with E-state index < -0.39 is 0 Å². The van der Waals surface area contributed by atoms with Crippen molar-refractivity contribution in [2.24, 2.45) is 4.99 Å². The Balaban J connectivity index is 2.43. The van der Waals surface area contributed by atoms with Crippen LogP contribution in [-0.2, 0) is 11.3 Å². The maximum atomic E-state index is 5.46. The SMILES string of the molecule is CCCOc1ccc(CNC(=NC)NCC(C)(C)OC)cn1. The number of nitrogens with zero attached hydrogens (tertiary/aromatic N) is 2. The van der Waals surface area contributed by atoms with Gasteiger partial charge in [-0.25, -0.2) is 4.98 Å². The number of ether oxygens (including phenoxy) is 2. The van der Waals surface area contributed by atoms with E-state index in [1.165, 1.54) is 0 Å². The molecule has 0 radical (unpaired) electrons. The minimum Gasteiger partial charge on any atom is -0.478 e. The zero-order valence-electron chi connectivity index (χ0n) is 14.3. The van der Waals surface area contributed by atoms with Crippen molar-refractivity contribution in [3.63, 3.8) is 0 Å². The Morgan fingerprint density at radius 1 is 1.32 bits per heavy atom. The third kappa shape index (κ3) is 6.76. The molecule has 0 bridgehead atoms. The Labute approximate surface area is 133 Å². The quantitative estimate of drug-likeness (QED) is 0.567. The molecule has 0 amide bonds. The molecule has 1 aromatic rings. The molecule has 0 aliphatic rings. The second-order valence-corrected chi connectivity index (χ2v) is 5.60. The smallest absolute Gasteiger partial charge is 0.213 e. The fraction of sp³-hybridized carbons (Fsp3) is 0.625. The fourth-order valence-electron chi connectivity index (χ4n) is 1.58. The van der Waals surface area contributed by atoms with Gasteiger partial charge in [0, 0.05) is 39.5 Å². The molecule has 0 saturated heterocycles. The summed E-state index contributed by atoms with van der Waals surface area (Å²) in [5, 5.41) is 6.49. The Morgan fingerprint density at radius 2 is 2.09 bits per heavy atom. The maximum Gasteiger partial charge on any atom is 0.213 e. The lowest BCUT2D eigenvalue weighted by atomic mass is 10.1. The summed E-state index contributed by atoms with van der Waals surface area (Å²) in [4.78, 5) is 8.47. The first-order valence-electron chi connectivity index (χ1n) is 7.58. The minimum atomic E-state index is -0.239. The molecule has 6 nitrogen and oxygen atoms in total. The number of hydrogen-bond acceptors (Lipinski definition) is 4. The molecular weight excluding hydrogens is 280 g/mol. The van der Waals surface area contributed by atoms with Crippen molar-refractivity contribution in [1.29, 1.82) is 0 Å². The number of pyridine rings is 1. The third-order valence-electron chi connectivity index (χ3n) is 3.17. The van der Waals surface area contributed by atoms with Crippen LogP contribution in [0.2, 0.25) is 0 Å². The van der Waals surface area contributed by atoms with Crippen molar-refractivity contribution < 1.29 is 9.47 Å². The average molecular weight is 308 g/mol. The van der Waals surface area contributed by atoms with Crippen molar-refractivity contribution in [3.05, 3.63) is 23.9 Å². The molecule has 1 rings (SSSR count). The maximum absolute atomic E-state index is 5.46. The lowest BCUT2D eigenvalue weighted by Gasteiger charge is -2.24. The molecule has 1 aromatic heterocycles. The molecular formula is C16H28N4O2. The van der Waals surface area contributed by atoms with Gasteiger partial charge in [-0.3, -0.25) is 4.99 Å². The van der Waals surface area contributed by atoms with Gasteiger partial charge < -0.3 is 20.1 Å². The highest BCUT2D eigenvalue weighted by Gasteiger charge is 2.16. The summed E-state index contributed by atoms with van der Waals surface area (Å²) < 4.78 is 10.8. The van der Waals surface area contributed by atoms with Crippen molar-refractivity contribution in [2.75, 3.05) is 27.3 Å². The van der Waals surface area contributed by atoms with E-state index in [2.05, 4.69) is 27.5 Å². The van der Waals surface area contributed by atoms with E-state index in [0.717, 1.165) is 17.9 Å². The van der Waals surface area contributed by atoms with E-state index in [1.807, 2.05) is 32.2 Å². The Morgan fingerprint density at radius 3 is 2.64 bits per heavy atom. The van der Waals surface area contributed by atoms with Gasteiger partial charge in [0.2, 0.25) is 5.88 Å². The Kier molecular flexibility index (Phi) is 7.66. The first-order valence-corrected chi connectivity index (χ1v) is 7.58. The van der Waals surface area contributed by atoms with Gasteiger partial charge in [-0.1, -0.05) is 13.0 Å². The lowest BCUT2D eigenvalue weighted by molar-refractivity contribution is 0.0268. The van der Waals surface area contributed by atoms with Crippen LogP contribution in [0.4, 0.5) is 0 Å². The van der Waals surface area contributed by atoms with Gasteiger partial charge in [0.25, 0.3) is 0 Å². The molecule has 22 heavy (non-hydrogen) atoms. The highest BCUT2D eigenvalue weighted by atomic mass is 16.5. The first-order chi connectivity index (χ1) is 10.5. The summed E-state index contributed by atoms with van der Waals surface area (Å²) in [6, 6.07) is 3.88. The molecule has 0 unspecified atom stereocenters. The van der Waals surface area contributed by atoms with Gasteiger partial charge in [0.1, 0.15) is 0 Å². The van der Waals surface area contributed by atoms with E-state index in [4.69, 9.17) is 9.47 Å². The minimum absolute atomic E-state index is 0.239. The van der Waals surface area contributed by atoms with Gasteiger partial charge in [-0.15, -0.1) is 0 Å². The van der Waals surface area contributed by atoms with Crippen LogP contribution in [-0.4, -0.2) is 43.9 Å². The molecule has 0 atom stereocenters. The van der Waals surface area contributed by atoms with Crippen LogP contribution in [0.25, 0.3) is 0 Å². The summed E-state index contributed by atoms with van der Waals surface area (Å²) >= 11 is 0. The average Bonchev–Trinajstić information content (AvgIpc) is 2.54. The van der Waals surface area contributed by atoms with Gasteiger partial charge in [-0.05, 0) is 25.8 Å². The molecule has 124 valence electrons. The topological polar surface area (TPSA) is 67.8 Å². The largest absolute Gasteiger partial charge is 0.478 e. The zero-order chi connectivity index (χ0) is 16.4. The van der Waals surface area contributed by atoms with E-state index >= 15 is 0 Å². The standard InChI is InChI=1S/C16H28N4O2/c1-6-9-22-14-8-7-13(10-18-14)11-19-15(17-4)20-12-16(2,3)21-5/h7-8,10H,6,9,11-12H2,1-5H3,(H2,17,19,20). The van der Waals surface area contributed by atoms with E-state index in [9.17, 15) is 0 Å². The summed E-state index contributed by atoms with van der Waals surface area (Å²) in [5.74, 6) is 1.39. The predicted molar refractivity (Wildman–Crippen MR) is 89.3 cm³/mol. The summed E-state index contributed by atoms with van der Waals surface area (Å²) in [5.41, 5.74) is 0.829. The summed E-state index contributed by atoms with van der Waals surface area (Å²) in [6.07, 6.45) is 2.79. The number of guanidine groups is 1. The number of methoxy groups -OCH3 is 1. The summed E-state index contributed by atoms with van der Waals surface area (Å²) in [7, 11) is 3.45. The highest BCUT2D eigenvalue weighted by Crippen LogP contribution is 2.08. The molecule has 0 fully saturated rings. The van der Waals surface area contributed by atoms with Crippen LogP contribution in [0.5, 0.6) is 5.88 Å². The van der Waals surface area contributed by atoms with Crippen molar-refractivity contribution in [3.8, 4) is 5.88 Å². The number of aliphatic imine (C=N–C) groups is 1. The third-order valence-corrected chi connectivity index (χ3v) is 3.17. The molecule has 1 heterocycles. The molecule has 0 aromatic carbocycles. The highest BCUT2D eigenvalue weighted by molar-refractivity contribution is 5.79. The van der Waals surface area contributed by atoms with Gasteiger partial charge >= 0.3 is 0 Å². The first kappa shape index (κ1) is 18.2. The molecule has 6 heteroatoms. The second-order valence-electron chi connectivity index (χ2n) is 5.60. The second kappa shape index (κ2) is 9.25. The normalized spacial score (nSPS) is 12.1.